The molecule has 2 aromatic carbocycles. The molecule has 1 heterocycles. The first kappa shape index (κ1) is 18.5. The van der Waals surface area contributed by atoms with Crippen LogP contribution in [0.4, 0.5) is 0 Å². The number of amides is 1. The number of carbonyl (C=O) groups excluding carboxylic acids is 1. The topological polar surface area (TPSA) is 66.0 Å². The van der Waals surface area contributed by atoms with Gasteiger partial charge in [-0.25, -0.2) is 0 Å². The second-order valence-corrected chi connectivity index (χ2v) is 6.31. The molecule has 0 unspecified atom stereocenters. The average molecular weight is 377 g/mol. The molecular formula is C22H17ClN2O2. The Labute approximate surface area is 162 Å². The molecule has 0 saturated heterocycles. The number of rotatable bonds is 6. The van der Waals surface area contributed by atoms with Crippen LogP contribution in [0.5, 0.6) is 0 Å². The predicted octanol–water partition coefficient (Wildman–Crippen LogP) is 4.87. The number of hydrogen-bond acceptors (Lipinski definition) is 3. The summed E-state index contributed by atoms with van der Waals surface area (Å²) in [6.07, 6.45) is 2.14. The first-order chi connectivity index (χ1) is 13.2. The molecule has 5 heteroatoms. The number of nitriles is 1. The fourth-order valence-corrected chi connectivity index (χ4v) is 2.77. The summed E-state index contributed by atoms with van der Waals surface area (Å²) < 4.78 is 5.71. The van der Waals surface area contributed by atoms with Gasteiger partial charge in [0.05, 0.1) is 0 Å². The zero-order chi connectivity index (χ0) is 19.1. The third-order valence-corrected chi connectivity index (χ3v) is 4.16. The Bertz CT molecular complexity index is 1000. The third kappa shape index (κ3) is 5.10. The van der Waals surface area contributed by atoms with Crippen molar-refractivity contribution >= 4 is 23.6 Å². The molecule has 0 aliphatic rings. The van der Waals surface area contributed by atoms with E-state index in [-0.39, 0.29) is 5.57 Å². The van der Waals surface area contributed by atoms with Crippen molar-refractivity contribution < 1.29 is 9.21 Å². The molecule has 0 aliphatic heterocycles. The van der Waals surface area contributed by atoms with Crippen molar-refractivity contribution in [1.29, 1.82) is 5.26 Å². The Morgan fingerprint density at radius 1 is 1.11 bits per heavy atom. The highest BCUT2D eigenvalue weighted by molar-refractivity contribution is 6.30. The van der Waals surface area contributed by atoms with Crippen molar-refractivity contribution in [3.8, 4) is 17.4 Å². The normalized spacial score (nSPS) is 11.0. The van der Waals surface area contributed by atoms with E-state index in [1.54, 1.807) is 24.3 Å². The minimum Gasteiger partial charge on any atom is -0.457 e. The van der Waals surface area contributed by atoms with Crippen molar-refractivity contribution in [1.82, 2.24) is 5.32 Å². The zero-order valence-electron chi connectivity index (χ0n) is 14.5. The number of nitrogens with one attached hydrogen (secondary N) is 1. The van der Waals surface area contributed by atoms with E-state index in [9.17, 15) is 10.1 Å². The Morgan fingerprint density at radius 2 is 1.93 bits per heavy atom. The summed E-state index contributed by atoms with van der Waals surface area (Å²) in [5.74, 6) is 0.624. The van der Waals surface area contributed by atoms with Gasteiger partial charge >= 0.3 is 0 Å². The average Bonchev–Trinajstić information content (AvgIpc) is 3.15. The van der Waals surface area contributed by atoms with E-state index in [2.05, 4.69) is 5.32 Å². The molecule has 0 fully saturated rings. The van der Waals surface area contributed by atoms with E-state index >= 15 is 0 Å². The van der Waals surface area contributed by atoms with E-state index < -0.39 is 5.91 Å². The SMILES string of the molecule is N#C/C(=C\c1ccc(-c2cccc(Cl)c2)o1)C(=O)NCCc1ccccc1. The van der Waals surface area contributed by atoms with Crippen LogP contribution in [0, 0.1) is 11.3 Å². The maximum atomic E-state index is 12.2. The van der Waals surface area contributed by atoms with Gasteiger partial charge in [-0.1, -0.05) is 54.1 Å². The predicted molar refractivity (Wildman–Crippen MR) is 106 cm³/mol. The molecule has 0 radical (unpaired) electrons. The second kappa shape index (κ2) is 8.88. The molecule has 4 nitrogen and oxygen atoms in total. The Morgan fingerprint density at radius 3 is 2.67 bits per heavy atom. The van der Waals surface area contributed by atoms with E-state index in [0.29, 0.717) is 29.5 Å². The molecule has 27 heavy (non-hydrogen) atoms. The van der Waals surface area contributed by atoms with Crippen LogP contribution in [0.25, 0.3) is 17.4 Å². The van der Waals surface area contributed by atoms with E-state index in [0.717, 1.165) is 11.1 Å². The lowest BCUT2D eigenvalue weighted by molar-refractivity contribution is -0.117. The molecule has 3 aromatic rings. The standard InChI is InChI=1S/C22H17ClN2O2/c23-19-8-4-7-17(13-19)21-10-9-20(27-21)14-18(15-24)22(26)25-12-11-16-5-2-1-3-6-16/h1-10,13-14H,11-12H2,(H,25,26)/b18-14+. The maximum absolute atomic E-state index is 12.2. The number of benzene rings is 2. The molecule has 0 aliphatic carbocycles. The Balaban J connectivity index is 1.65. The van der Waals surface area contributed by atoms with Crippen LogP contribution in [0.3, 0.4) is 0 Å². The van der Waals surface area contributed by atoms with Gasteiger partial charge in [0.2, 0.25) is 0 Å². The van der Waals surface area contributed by atoms with Gasteiger partial charge in [-0.15, -0.1) is 0 Å². The molecule has 0 atom stereocenters. The second-order valence-electron chi connectivity index (χ2n) is 5.87. The van der Waals surface area contributed by atoms with Gasteiger partial charge in [0, 0.05) is 23.2 Å². The molecule has 1 amide bonds. The van der Waals surface area contributed by atoms with Crippen molar-refractivity contribution in [2.75, 3.05) is 6.54 Å². The molecule has 0 saturated carbocycles. The van der Waals surface area contributed by atoms with Gasteiger partial charge in [-0.2, -0.15) is 5.26 Å². The largest absolute Gasteiger partial charge is 0.457 e. The van der Waals surface area contributed by atoms with Gasteiger partial charge < -0.3 is 9.73 Å². The third-order valence-electron chi connectivity index (χ3n) is 3.93. The Hall–Kier alpha value is -3.29. The molecule has 134 valence electrons. The number of nitrogens with zero attached hydrogens (tertiary/aromatic N) is 1. The molecule has 0 spiro atoms. The van der Waals surface area contributed by atoms with Crippen LogP contribution in [-0.4, -0.2) is 12.5 Å². The van der Waals surface area contributed by atoms with Crippen LogP contribution < -0.4 is 5.32 Å². The smallest absolute Gasteiger partial charge is 0.262 e. The van der Waals surface area contributed by atoms with Crippen LogP contribution in [0.2, 0.25) is 5.02 Å². The first-order valence-corrected chi connectivity index (χ1v) is 8.83. The fraction of sp³-hybridized carbons (Fsp3) is 0.0909. The quantitative estimate of drug-likeness (QED) is 0.493. The summed E-state index contributed by atoms with van der Waals surface area (Å²) in [6.45, 7) is 0.452. The summed E-state index contributed by atoms with van der Waals surface area (Å²) in [5.41, 5.74) is 1.94. The van der Waals surface area contributed by atoms with Crippen molar-refractivity contribution in [2.24, 2.45) is 0 Å². The number of halogens is 1. The molecular weight excluding hydrogens is 360 g/mol. The van der Waals surface area contributed by atoms with E-state index in [1.807, 2.05) is 48.5 Å². The van der Waals surface area contributed by atoms with Gasteiger partial charge in [-0.05, 0) is 36.2 Å². The molecule has 0 bridgehead atoms. The van der Waals surface area contributed by atoms with Gasteiger partial charge in [0.1, 0.15) is 23.2 Å². The lowest BCUT2D eigenvalue weighted by Gasteiger charge is -2.04. The van der Waals surface area contributed by atoms with Crippen molar-refractivity contribution in [2.45, 2.75) is 6.42 Å². The summed E-state index contributed by atoms with van der Waals surface area (Å²) in [6, 6.07) is 22.5. The number of hydrogen-bond donors (Lipinski definition) is 1. The molecule has 1 N–H and O–H groups in total. The minimum atomic E-state index is -0.422. The Kier molecular flexibility index (Phi) is 6.09. The van der Waals surface area contributed by atoms with Gasteiger partial charge in [-0.3, -0.25) is 4.79 Å². The van der Waals surface area contributed by atoms with Crippen molar-refractivity contribution in [3.63, 3.8) is 0 Å². The monoisotopic (exact) mass is 376 g/mol. The summed E-state index contributed by atoms with van der Waals surface area (Å²) >= 11 is 5.99. The van der Waals surface area contributed by atoms with Gasteiger partial charge in [0.15, 0.2) is 0 Å². The highest BCUT2D eigenvalue weighted by atomic mass is 35.5. The summed E-state index contributed by atoms with van der Waals surface area (Å²) in [7, 11) is 0. The van der Waals surface area contributed by atoms with Gasteiger partial charge in [0.25, 0.3) is 5.91 Å². The molecule has 3 rings (SSSR count). The van der Waals surface area contributed by atoms with Crippen LogP contribution in [-0.2, 0) is 11.2 Å². The van der Waals surface area contributed by atoms with Crippen LogP contribution in [0.15, 0.2) is 76.7 Å². The summed E-state index contributed by atoms with van der Waals surface area (Å²) in [4.78, 5) is 12.2. The van der Waals surface area contributed by atoms with E-state index in [4.69, 9.17) is 16.0 Å². The van der Waals surface area contributed by atoms with E-state index in [1.165, 1.54) is 6.08 Å². The maximum Gasteiger partial charge on any atom is 0.262 e. The van der Waals surface area contributed by atoms with Crippen LogP contribution in [0.1, 0.15) is 11.3 Å². The fourth-order valence-electron chi connectivity index (χ4n) is 2.58. The summed E-state index contributed by atoms with van der Waals surface area (Å²) in [5, 5.41) is 12.7. The lowest BCUT2D eigenvalue weighted by Crippen LogP contribution is -2.26. The highest BCUT2D eigenvalue weighted by Crippen LogP contribution is 2.25. The number of furan rings is 1. The van der Waals surface area contributed by atoms with Crippen LogP contribution >= 0.6 is 11.6 Å². The van der Waals surface area contributed by atoms with Crippen molar-refractivity contribution in [3.05, 3.63) is 88.6 Å². The zero-order valence-corrected chi connectivity index (χ0v) is 15.2. The number of carbonyl (C=O) groups is 1. The highest BCUT2D eigenvalue weighted by Gasteiger charge is 2.11. The first-order valence-electron chi connectivity index (χ1n) is 8.45. The lowest BCUT2D eigenvalue weighted by atomic mass is 10.1. The molecule has 1 aromatic heterocycles. The minimum absolute atomic E-state index is 0.00458.